The Morgan fingerprint density at radius 1 is 1.41 bits per heavy atom. The van der Waals surface area contributed by atoms with Crippen LogP contribution in [0.5, 0.6) is 0 Å². The SMILES string of the molecule is COC(=O)CN[C@@H]1C[C@H](O)[C@](C)(c2ccccc2)O[C@@H]1OC. The highest BCUT2D eigenvalue weighted by Gasteiger charge is 2.46. The van der Waals surface area contributed by atoms with Crippen LogP contribution in [0.3, 0.4) is 0 Å². The van der Waals surface area contributed by atoms with E-state index in [1.807, 2.05) is 37.3 Å². The van der Waals surface area contributed by atoms with Gasteiger partial charge in [-0.05, 0) is 18.9 Å². The van der Waals surface area contributed by atoms with Gasteiger partial charge in [-0.15, -0.1) is 0 Å². The quantitative estimate of drug-likeness (QED) is 0.783. The van der Waals surface area contributed by atoms with Crippen molar-refractivity contribution in [3.63, 3.8) is 0 Å². The van der Waals surface area contributed by atoms with Crippen LogP contribution in [0.1, 0.15) is 18.9 Å². The van der Waals surface area contributed by atoms with Gasteiger partial charge in [0.05, 0.1) is 25.8 Å². The average Bonchev–Trinajstić information content (AvgIpc) is 2.56. The molecule has 122 valence electrons. The molecule has 6 nitrogen and oxygen atoms in total. The Hall–Kier alpha value is -1.47. The first-order valence-electron chi connectivity index (χ1n) is 7.25. The Balaban J connectivity index is 2.12. The molecule has 1 aromatic carbocycles. The van der Waals surface area contributed by atoms with Gasteiger partial charge in [-0.2, -0.15) is 0 Å². The fourth-order valence-corrected chi connectivity index (χ4v) is 2.69. The summed E-state index contributed by atoms with van der Waals surface area (Å²) in [5.74, 6) is -0.374. The van der Waals surface area contributed by atoms with Crippen molar-refractivity contribution in [1.82, 2.24) is 5.32 Å². The van der Waals surface area contributed by atoms with Crippen molar-refractivity contribution in [1.29, 1.82) is 0 Å². The molecule has 0 radical (unpaired) electrons. The van der Waals surface area contributed by atoms with Crippen LogP contribution >= 0.6 is 0 Å². The van der Waals surface area contributed by atoms with Crippen molar-refractivity contribution in [2.45, 2.75) is 37.4 Å². The molecule has 1 aliphatic rings. The van der Waals surface area contributed by atoms with E-state index in [0.29, 0.717) is 6.42 Å². The lowest BCUT2D eigenvalue weighted by molar-refractivity contribution is -0.272. The van der Waals surface area contributed by atoms with Crippen molar-refractivity contribution in [2.75, 3.05) is 20.8 Å². The summed E-state index contributed by atoms with van der Waals surface area (Å²) in [6.07, 6.45) is -0.893. The summed E-state index contributed by atoms with van der Waals surface area (Å²) in [5, 5.41) is 13.6. The van der Waals surface area contributed by atoms with E-state index in [-0.39, 0.29) is 18.6 Å². The van der Waals surface area contributed by atoms with Crippen LogP contribution in [0.2, 0.25) is 0 Å². The summed E-state index contributed by atoms with van der Waals surface area (Å²) in [4.78, 5) is 11.3. The molecule has 1 heterocycles. The molecule has 0 aromatic heterocycles. The van der Waals surface area contributed by atoms with E-state index >= 15 is 0 Å². The minimum absolute atomic E-state index is 0.0408. The maximum atomic E-state index is 11.3. The van der Waals surface area contributed by atoms with Gasteiger partial charge in [-0.1, -0.05) is 30.3 Å². The topological polar surface area (TPSA) is 77.0 Å². The number of rotatable bonds is 5. The predicted octanol–water partition coefficient (Wildman–Crippen LogP) is 0.787. The maximum absolute atomic E-state index is 11.3. The highest BCUT2D eigenvalue weighted by molar-refractivity contribution is 5.71. The molecule has 2 N–H and O–H groups in total. The normalized spacial score (nSPS) is 31.7. The molecule has 0 aliphatic carbocycles. The van der Waals surface area contributed by atoms with Crippen LogP contribution in [-0.4, -0.2) is 50.3 Å². The number of ether oxygens (including phenoxy) is 3. The van der Waals surface area contributed by atoms with Gasteiger partial charge in [0.15, 0.2) is 6.29 Å². The summed E-state index contributed by atoms with van der Waals surface area (Å²) < 4.78 is 16.0. The number of hydrogen-bond donors (Lipinski definition) is 2. The van der Waals surface area contributed by atoms with Crippen molar-refractivity contribution < 1.29 is 24.1 Å². The van der Waals surface area contributed by atoms with E-state index in [0.717, 1.165) is 5.56 Å². The number of methoxy groups -OCH3 is 2. The monoisotopic (exact) mass is 309 g/mol. The number of carbonyl (C=O) groups is 1. The van der Waals surface area contributed by atoms with E-state index in [1.54, 1.807) is 7.11 Å². The minimum Gasteiger partial charge on any atom is -0.468 e. The summed E-state index contributed by atoms with van der Waals surface area (Å²) in [7, 11) is 2.87. The van der Waals surface area contributed by atoms with E-state index in [9.17, 15) is 9.90 Å². The van der Waals surface area contributed by atoms with Gasteiger partial charge in [-0.3, -0.25) is 10.1 Å². The first kappa shape index (κ1) is 16.9. The zero-order valence-corrected chi connectivity index (χ0v) is 13.1. The molecule has 0 spiro atoms. The molecule has 1 aliphatic heterocycles. The molecule has 6 heteroatoms. The zero-order chi connectivity index (χ0) is 16.2. The highest BCUT2D eigenvalue weighted by atomic mass is 16.7. The molecule has 0 unspecified atom stereocenters. The van der Waals surface area contributed by atoms with Crippen LogP contribution in [0, 0.1) is 0 Å². The number of aliphatic hydroxyl groups is 1. The van der Waals surface area contributed by atoms with E-state index < -0.39 is 18.0 Å². The van der Waals surface area contributed by atoms with Crippen LogP contribution in [-0.2, 0) is 24.6 Å². The predicted molar refractivity (Wildman–Crippen MR) is 80.1 cm³/mol. The summed E-state index contributed by atoms with van der Waals surface area (Å²) in [6, 6.07) is 9.25. The highest BCUT2D eigenvalue weighted by Crippen LogP contribution is 2.37. The van der Waals surface area contributed by atoms with Gasteiger partial charge in [-0.25, -0.2) is 0 Å². The van der Waals surface area contributed by atoms with Crippen molar-refractivity contribution in [2.24, 2.45) is 0 Å². The third kappa shape index (κ3) is 3.47. The van der Waals surface area contributed by atoms with Crippen LogP contribution in [0.4, 0.5) is 0 Å². The molecule has 2 rings (SSSR count). The number of esters is 1. The molecule has 0 saturated carbocycles. The molecular formula is C16H23NO5. The second-order valence-corrected chi connectivity index (χ2v) is 5.51. The molecule has 22 heavy (non-hydrogen) atoms. The van der Waals surface area contributed by atoms with Crippen LogP contribution in [0.25, 0.3) is 0 Å². The van der Waals surface area contributed by atoms with Gasteiger partial charge in [0.1, 0.15) is 5.60 Å². The Morgan fingerprint density at radius 2 is 2.09 bits per heavy atom. The average molecular weight is 309 g/mol. The number of aliphatic hydroxyl groups excluding tert-OH is 1. The smallest absolute Gasteiger partial charge is 0.319 e. The summed E-state index contributed by atoms with van der Waals surface area (Å²) in [6.45, 7) is 1.88. The molecular weight excluding hydrogens is 286 g/mol. The van der Waals surface area contributed by atoms with Gasteiger partial charge in [0.2, 0.25) is 0 Å². The first-order valence-corrected chi connectivity index (χ1v) is 7.25. The van der Waals surface area contributed by atoms with E-state index in [2.05, 4.69) is 10.1 Å². The number of benzene rings is 1. The van der Waals surface area contributed by atoms with Gasteiger partial charge >= 0.3 is 5.97 Å². The van der Waals surface area contributed by atoms with Crippen molar-refractivity contribution >= 4 is 5.97 Å². The second-order valence-electron chi connectivity index (χ2n) is 5.51. The fraction of sp³-hybridized carbons (Fsp3) is 0.562. The van der Waals surface area contributed by atoms with Gasteiger partial charge < -0.3 is 19.3 Å². The molecule has 1 aromatic rings. The second kappa shape index (κ2) is 7.19. The lowest BCUT2D eigenvalue weighted by Crippen LogP contribution is -2.58. The van der Waals surface area contributed by atoms with Gasteiger partial charge in [0, 0.05) is 7.11 Å². The maximum Gasteiger partial charge on any atom is 0.319 e. The Kier molecular flexibility index (Phi) is 5.52. The Bertz CT molecular complexity index is 495. The number of hydrogen-bond acceptors (Lipinski definition) is 6. The lowest BCUT2D eigenvalue weighted by Gasteiger charge is -2.46. The molecule has 0 amide bonds. The number of nitrogens with one attached hydrogen (secondary N) is 1. The molecule has 1 fully saturated rings. The summed E-state index contributed by atoms with van der Waals surface area (Å²) >= 11 is 0. The van der Waals surface area contributed by atoms with E-state index in [1.165, 1.54) is 7.11 Å². The largest absolute Gasteiger partial charge is 0.468 e. The van der Waals surface area contributed by atoms with Crippen molar-refractivity contribution in [3.05, 3.63) is 35.9 Å². The molecule has 0 bridgehead atoms. The number of carbonyl (C=O) groups excluding carboxylic acids is 1. The van der Waals surface area contributed by atoms with E-state index in [4.69, 9.17) is 9.47 Å². The van der Waals surface area contributed by atoms with Crippen molar-refractivity contribution in [3.8, 4) is 0 Å². The van der Waals surface area contributed by atoms with Gasteiger partial charge in [0.25, 0.3) is 0 Å². The minimum atomic E-state index is -0.856. The molecule has 1 saturated heterocycles. The fourth-order valence-electron chi connectivity index (χ4n) is 2.69. The third-order valence-corrected chi connectivity index (χ3v) is 4.12. The third-order valence-electron chi connectivity index (χ3n) is 4.12. The van der Waals surface area contributed by atoms with Crippen LogP contribution < -0.4 is 5.32 Å². The standard InChI is InChI=1S/C16H23NO5/c1-16(11-7-5-4-6-8-11)13(18)9-12(15(21-3)22-16)17-10-14(19)20-2/h4-8,12-13,15,17-18H,9-10H2,1-3H3/t12-,13+,15+,16+/m1/s1. The van der Waals surface area contributed by atoms with Crippen LogP contribution in [0.15, 0.2) is 30.3 Å². The Labute approximate surface area is 130 Å². The first-order chi connectivity index (χ1) is 10.5. The lowest BCUT2D eigenvalue weighted by atomic mass is 9.83. The molecule has 4 atom stereocenters. The summed E-state index contributed by atoms with van der Waals surface area (Å²) in [5.41, 5.74) is 0.0294. The zero-order valence-electron chi connectivity index (χ0n) is 13.1. The Morgan fingerprint density at radius 3 is 2.68 bits per heavy atom.